The SMILES string of the molecule is CC(C)C(N)CCN(C)C(=O)C1CCCN(S(=O)(=O)c2ccccc2)C1.Cl. The predicted octanol–water partition coefficient (Wildman–Crippen LogP) is 2.34. The van der Waals surface area contributed by atoms with E-state index in [-0.39, 0.29) is 41.7 Å². The van der Waals surface area contributed by atoms with Crippen LogP contribution in [0.25, 0.3) is 0 Å². The van der Waals surface area contributed by atoms with E-state index in [1.165, 1.54) is 4.31 Å². The Bertz CT molecular complexity index is 697. The van der Waals surface area contributed by atoms with Gasteiger partial charge in [-0.25, -0.2) is 8.42 Å². The molecule has 1 aliphatic heterocycles. The van der Waals surface area contributed by atoms with E-state index in [1.54, 1.807) is 42.3 Å². The van der Waals surface area contributed by atoms with Crippen LogP contribution in [0.2, 0.25) is 0 Å². The summed E-state index contributed by atoms with van der Waals surface area (Å²) in [6.45, 7) is 5.44. The topological polar surface area (TPSA) is 83.7 Å². The van der Waals surface area contributed by atoms with Gasteiger partial charge in [0, 0.05) is 32.7 Å². The summed E-state index contributed by atoms with van der Waals surface area (Å²) in [5.74, 6) is 0.0936. The Hall–Kier alpha value is -1.15. The van der Waals surface area contributed by atoms with Crippen LogP contribution < -0.4 is 5.73 Å². The quantitative estimate of drug-likeness (QED) is 0.737. The lowest BCUT2D eigenvalue weighted by molar-refractivity contribution is -0.135. The van der Waals surface area contributed by atoms with Gasteiger partial charge in [0.15, 0.2) is 0 Å². The molecule has 0 radical (unpaired) electrons. The second kappa shape index (κ2) is 10.4. The molecule has 1 aromatic rings. The third-order valence-electron chi connectivity index (χ3n) is 5.14. The minimum Gasteiger partial charge on any atom is -0.345 e. The molecule has 27 heavy (non-hydrogen) atoms. The van der Waals surface area contributed by atoms with Crippen molar-refractivity contribution in [3.05, 3.63) is 30.3 Å². The van der Waals surface area contributed by atoms with Gasteiger partial charge in [0.1, 0.15) is 0 Å². The predicted molar refractivity (Wildman–Crippen MR) is 110 cm³/mol. The molecule has 2 unspecified atom stereocenters. The van der Waals surface area contributed by atoms with Crippen LogP contribution in [0.3, 0.4) is 0 Å². The molecule has 154 valence electrons. The number of hydrogen-bond donors (Lipinski definition) is 1. The Labute approximate surface area is 169 Å². The standard InChI is InChI=1S/C19H31N3O3S.ClH/c1-15(2)18(20)11-13-21(3)19(23)16-8-7-12-22(14-16)26(24,25)17-9-5-4-6-10-17;/h4-6,9-10,15-16,18H,7-8,11-14,20H2,1-3H3;1H. The fourth-order valence-electron chi connectivity index (χ4n) is 3.20. The number of amides is 1. The van der Waals surface area contributed by atoms with Gasteiger partial charge in [0.25, 0.3) is 0 Å². The zero-order chi connectivity index (χ0) is 19.3. The first-order chi connectivity index (χ1) is 12.2. The van der Waals surface area contributed by atoms with Crippen LogP contribution in [0.4, 0.5) is 0 Å². The van der Waals surface area contributed by atoms with Gasteiger partial charge in [-0.05, 0) is 37.3 Å². The van der Waals surface area contributed by atoms with Crippen molar-refractivity contribution < 1.29 is 13.2 Å². The molecule has 0 saturated carbocycles. The summed E-state index contributed by atoms with van der Waals surface area (Å²) in [6.07, 6.45) is 2.17. The van der Waals surface area contributed by atoms with Gasteiger partial charge in [0.05, 0.1) is 10.8 Å². The number of sulfonamides is 1. The van der Waals surface area contributed by atoms with Crippen LogP contribution in [0.15, 0.2) is 35.2 Å². The second-order valence-electron chi connectivity index (χ2n) is 7.47. The molecular weight excluding hydrogens is 386 g/mol. The van der Waals surface area contributed by atoms with Crippen molar-refractivity contribution >= 4 is 28.3 Å². The van der Waals surface area contributed by atoms with Crippen LogP contribution >= 0.6 is 12.4 Å². The Morgan fingerprint density at radius 1 is 1.30 bits per heavy atom. The van der Waals surface area contributed by atoms with Crippen molar-refractivity contribution in [2.45, 2.75) is 44.0 Å². The van der Waals surface area contributed by atoms with Crippen LogP contribution in [0.5, 0.6) is 0 Å². The Morgan fingerprint density at radius 3 is 2.52 bits per heavy atom. The van der Waals surface area contributed by atoms with Crippen LogP contribution in [-0.4, -0.2) is 56.3 Å². The van der Waals surface area contributed by atoms with E-state index in [2.05, 4.69) is 13.8 Å². The molecule has 1 amide bonds. The maximum Gasteiger partial charge on any atom is 0.243 e. The van der Waals surface area contributed by atoms with E-state index >= 15 is 0 Å². The zero-order valence-electron chi connectivity index (χ0n) is 16.4. The largest absolute Gasteiger partial charge is 0.345 e. The second-order valence-corrected chi connectivity index (χ2v) is 9.41. The summed E-state index contributed by atoms with van der Waals surface area (Å²) in [6, 6.07) is 8.47. The molecule has 0 aromatic heterocycles. The summed E-state index contributed by atoms with van der Waals surface area (Å²) < 4.78 is 27.0. The number of halogens is 1. The third-order valence-corrected chi connectivity index (χ3v) is 7.02. The molecule has 1 fully saturated rings. The summed E-state index contributed by atoms with van der Waals surface area (Å²) in [4.78, 5) is 14.7. The highest BCUT2D eigenvalue weighted by Crippen LogP contribution is 2.24. The fourth-order valence-corrected chi connectivity index (χ4v) is 4.75. The van der Waals surface area contributed by atoms with Crippen molar-refractivity contribution in [3.8, 4) is 0 Å². The van der Waals surface area contributed by atoms with Gasteiger partial charge in [-0.2, -0.15) is 4.31 Å². The monoisotopic (exact) mass is 417 g/mol. The molecule has 6 nitrogen and oxygen atoms in total. The number of rotatable bonds is 7. The molecular formula is C19H32ClN3O3S. The molecule has 2 N–H and O–H groups in total. The number of benzene rings is 1. The van der Waals surface area contributed by atoms with Crippen molar-refractivity contribution in [2.24, 2.45) is 17.6 Å². The highest BCUT2D eigenvalue weighted by Gasteiger charge is 2.34. The van der Waals surface area contributed by atoms with E-state index in [4.69, 9.17) is 5.73 Å². The molecule has 8 heteroatoms. The van der Waals surface area contributed by atoms with Gasteiger partial charge in [-0.3, -0.25) is 4.79 Å². The minimum atomic E-state index is -3.55. The third kappa shape index (κ3) is 6.17. The Balaban J connectivity index is 0.00000364. The lowest BCUT2D eigenvalue weighted by Crippen LogP contribution is -2.46. The lowest BCUT2D eigenvalue weighted by atomic mass is 9.97. The summed E-state index contributed by atoms with van der Waals surface area (Å²) in [7, 11) is -1.77. The first-order valence-corrected chi connectivity index (χ1v) is 10.7. The molecule has 2 atom stereocenters. The van der Waals surface area contributed by atoms with Gasteiger partial charge >= 0.3 is 0 Å². The molecule has 2 rings (SSSR count). The maximum absolute atomic E-state index is 12.8. The van der Waals surface area contributed by atoms with Gasteiger partial charge in [0.2, 0.25) is 15.9 Å². The van der Waals surface area contributed by atoms with E-state index in [0.717, 1.165) is 12.8 Å². The zero-order valence-corrected chi connectivity index (χ0v) is 18.0. The fraction of sp³-hybridized carbons (Fsp3) is 0.632. The number of hydrogen-bond acceptors (Lipinski definition) is 4. The number of carbonyl (C=O) groups excluding carboxylic acids is 1. The molecule has 1 saturated heterocycles. The number of nitrogens with zero attached hydrogens (tertiary/aromatic N) is 2. The van der Waals surface area contributed by atoms with Crippen molar-refractivity contribution in [1.82, 2.24) is 9.21 Å². The van der Waals surface area contributed by atoms with E-state index in [9.17, 15) is 13.2 Å². The summed E-state index contributed by atoms with van der Waals surface area (Å²) in [5.41, 5.74) is 6.06. The van der Waals surface area contributed by atoms with Crippen molar-refractivity contribution in [3.63, 3.8) is 0 Å². The number of carbonyl (C=O) groups is 1. The molecule has 1 aromatic carbocycles. The highest BCUT2D eigenvalue weighted by molar-refractivity contribution is 7.89. The minimum absolute atomic E-state index is 0. The molecule has 1 aliphatic rings. The molecule has 0 aliphatic carbocycles. The molecule has 1 heterocycles. The Kier molecular flexibility index (Phi) is 9.21. The normalized spacial score (nSPS) is 19.4. The van der Waals surface area contributed by atoms with E-state index in [1.807, 2.05) is 0 Å². The summed E-state index contributed by atoms with van der Waals surface area (Å²) in [5, 5.41) is 0. The Morgan fingerprint density at radius 2 is 1.93 bits per heavy atom. The smallest absolute Gasteiger partial charge is 0.243 e. The van der Waals surface area contributed by atoms with Crippen molar-refractivity contribution in [1.29, 1.82) is 0 Å². The lowest BCUT2D eigenvalue weighted by Gasteiger charge is -2.33. The average molecular weight is 418 g/mol. The van der Waals surface area contributed by atoms with Gasteiger partial charge in [-0.15, -0.1) is 12.4 Å². The van der Waals surface area contributed by atoms with Gasteiger partial charge in [-0.1, -0.05) is 32.0 Å². The van der Waals surface area contributed by atoms with E-state index in [0.29, 0.717) is 25.4 Å². The number of piperidine rings is 1. The highest BCUT2D eigenvalue weighted by atomic mass is 35.5. The molecule has 0 spiro atoms. The number of nitrogens with two attached hydrogens (primary N) is 1. The van der Waals surface area contributed by atoms with Crippen LogP contribution in [-0.2, 0) is 14.8 Å². The van der Waals surface area contributed by atoms with Gasteiger partial charge < -0.3 is 10.6 Å². The first kappa shape index (κ1) is 23.9. The average Bonchev–Trinajstić information content (AvgIpc) is 2.65. The van der Waals surface area contributed by atoms with Crippen molar-refractivity contribution in [2.75, 3.05) is 26.7 Å². The van der Waals surface area contributed by atoms with Crippen LogP contribution in [0.1, 0.15) is 33.1 Å². The van der Waals surface area contributed by atoms with Crippen LogP contribution in [0, 0.1) is 11.8 Å². The van der Waals surface area contributed by atoms with E-state index < -0.39 is 10.0 Å². The first-order valence-electron chi connectivity index (χ1n) is 9.29. The summed E-state index contributed by atoms with van der Waals surface area (Å²) >= 11 is 0. The maximum atomic E-state index is 12.8. The molecule has 0 bridgehead atoms.